The van der Waals surface area contributed by atoms with E-state index >= 15 is 0 Å². The zero-order chi connectivity index (χ0) is 8.69. The molecule has 0 unspecified atom stereocenters. The molecule has 0 N–H and O–H groups in total. The molecule has 0 aliphatic heterocycles. The van der Waals surface area contributed by atoms with Crippen molar-refractivity contribution in [2.45, 2.75) is 20.3 Å². The van der Waals surface area contributed by atoms with Crippen LogP contribution in [0.4, 0.5) is 0 Å². The van der Waals surface area contributed by atoms with Crippen LogP contribution >= 0.6 is 0 Å². The van der Waals surface area contributed by atoms with Gasteiger partial charge in [-0.25, -0.2) is 0 Å². The Morgan fingerprint density at radius 1 is 1.00 bits per heavy atom. The van der Waals surface area contributed by atoms with Gasteiger partial charge in [0, 0.05) is 20.4 Å². The van der Waals surface area contributed by atoms with E-state index in [1.165, 1.54) is 0 Å². The molecule has 0 aromatic heterocycles. The van der Waals surface area contributed by atoms with E-state index in [0.717, 1.165) is 0 Å². The Morgan fingerprint density at radius 3 is 1.58 bits per heavy atom. The molecular formula is C7H12O4Pd. The number of ether oxygens (including phenoxy) is 2. The maximum atomic E-state index is 10.6. The molecule has 0 saturated carbocycles. The van der Waals surface area contributed by atoms with E-state index in [2.05, 4.69) is 9.47 Å². The molecule has 0 aliphatic rings. The average Bonchev–Trinajstić information content (AvgIpc) is 1.87. The monoisotopic (exact) mass is 266 g/mol. The summed E-state index contributed by atoms with van der Waals surface area (Å²) in [6.45, 7) is 3.95. The molecule has 0 aromatic carbocycles. The van der Waals surface area contributed by atoms with Crippen LogP contribution in [0, 0.1) is 0 Å². The Bertz CT molecular complexity index is 130. The minimum atomic E-state index is -0.536. The number of rotatable bonds is 4. The molecule has 0 amide bonds. The molecule has 0 radical (unpaired) electrons. The minimum absolute atomic E-state index is 0. The summed E-state index contributed by atoms with van der Waals surface area (Å²) in [6, 6.07) is 0. The number of carbonyl (C=O) groups excluding carboxylic acids is 2. The maximum absolute atomic E-state index is 10.6. The molecule has 0 saturated heterocycles. The Kier molecular flexibility index (Phi) is 10.3. The zero-order valence-electron chi connectivity index (χ0n) is 7.07. The third-order valence-corrected chi connectivity index (χ3v) is 0.899. The summed E-state index contributed by atoms with van der Waals surface area (Å²) in [5.41, 5.74) is 0. The summed E-state index contributed by atoms with van der Waals surface area (Å²) in [4.78, 5) is 21.2. The summed E-state index contributed by atoms with van der Waals surface area (Å²) in [7, 11) is 0. The zero-order valence-corrected chi connectivity index (χ0v) is 8.63. The van der Waals surface area contributed by atoms with Crippen molar-refractivity contribution >= 4 is 11.9 Å². The van der Waals surface area contributed by atoms with Crippen LogP contribution in [0.15, 0.2) is 0 Å². The van der Waals surface area contributed by atoms with E-state index in [1.54, 1.807) is 13.8 Å². The topological polar surface area (TPSA) is 52.6 Å². The van der Waals surface area contributed by atoms with Crippen LogP contribution in [-0.4, -0.2) is 25.2 Å². The largest absolute Gasteiger partial charge is 0.466 e. The second kappa shape index (κ2) is 8.70. The first-order valence-electron chi connectivity index (χ1n) is 3.52. The molecule has 0 bridgehead atoms. The normalized spacial score (nSPS) is 8.17. The first-order chi connectivity index (χ1) is 5.20. The Balaban J connectivity index is 0. The fourth-order valence-corrected chi connectivity index (χ4v) is 0.542. The predicted octanol–water partition coefficient (Wildman–Crippen LogP) is 0.500. The summed E-state index contributed by atoms with van der Waals surface area (Å²) in [5, 5.41) is 0. The minimum Gasteiger partial charge on any atom is -0.466 e. The van der Waals surface area contributed by atoms with Gasteiger partial charge < -0.3 is 9.47 Å². The third kappa shape index (κ3) is 7.71. The summed E-state index contributed by atoms with van der Waals surface area (Å²) in [6.07, 6.45) is -0.290. The average molecular weight is 267 g/mol. The van der Waals surface area contributed by atoms with Gasteiger partial charge in [0.1, 0.15) is 6.42 Å². The third-order valence-electron chi connectivity index (χ3n) is 0.899. The Hall–Kier alpha value is -0.398. The van der Waals surface area contributed by atoms with E-state index < -0.39 is 11.9 Å². The van der Waals surface area contributed by atoms with Gasteiger partial charge in [-0.2, -0.15) is 0 Å². The van der Waals surface area contributed by atoms with E-state index in [0.29, 0.717) is 0 Å². The van der Waals surface area contributed by atoms with Crippen LogP contribution in [0.25, 0.3) is 0 Å². The van der Waals surface area contributed by atoms with E-state index in [9.17, 15) is 9.59 Å². The SMILES string of the molecule is CCOC(=O)CC(=O)OCC.[Pd]. The van der Waals surface area contributed by atoms with Gasteiger partial charge in [0.25, 0.3) is 0 Å². The maximum Gasteiger partial charge on any atom is 0.317 e. The Morgan fingerprint density at radius 2 is 1.33 bits per heavy atom. The van der Waals surface area contributed by atoms with Crippen molar-refractivity contribution in [1.29, 1.82) is 0 Å². The smallest absolute Gasteiger partial charge is 0.317 e. The van der Waals surface area contributed by atoms with Crippen molar-refractivity contribution in [2.24, 2.45) is 0 Å². The molecule has 0 aliphatic carbocycles. The van der Waals surface area contributed by atoms with Crippen molar-refractivity contribution in [3.8, 4) is 0 Å². The van der Waals surface area contributed by atoms with Crippen LogP contribution in [-0.2, 0) is 39.5 Å². The van der Waals surface area contributed by atoms with Crippen LogP contribution in [0.5, 0.6) is 0 Å². The molecule has 74 valence electrons. The van der Waals surface area contributed by atoms with Gasteiger partial charge in [-0.1, -0.05) is 0 Å². The molecule has 5 heteroatoms. The molecule has 0 rings (SSSR count). The molecule has 0 heterocycles. The van der Waals surface area contributed by atoms with Crippen molar-refractivity contribution in [3.63, 3.8) is 0 Å². The van der Waals surface area contributed by atoms with Crippen molar-refractivity contribution < 1.29 is 39.5 Å². The predicted molar refractivity (Wildman–Crippen MR) is 37.9 cm³/mol. The molecule has 4 nitrogen and oxygen atoms in total. The van der Waals surface area contributed by atoms with Gasteiger partial charge in [-0.15, -0.1) is 0 Å². The van der Waals surface area contributed by atoms with Gasteiger partial charge in [-0.3, -0.25) is 9.59 Å². The van der Waals surface area contributed by atoms with Crippen LogP contribution in [0.1, 0.15) is 20.3 Å². The van der Waals surface area contributed by atoms with Crippen LogP contribution < -0.4 is 0 Å². The quantitative estimate of drug-likeness (QED) is 0.422. The first-order valence-corrected chi connectivity index (χ1v) is 3.52. The number of carbonyl (C=O) groups is 2. The van der Waals surface area contributed by atoms with Crippen molar-refractivity contribution in [2.75, 3.05) is 13.2 Å². The van der Waals surface area contributed by atoms with E-state index in [4.69, 9.17) is 0 Å². The standard InChI is InChI=1S/C7H12O4.Pd/c1-3-10-6(8)5-7(9)11-4-2;/h3-5H2,1-2H3;. The number of esters is 2. The van der Waals surface area contributed by atoms with Gasteiger partial charge in [0.2, 0.25) is 0 Å². The second-order valence-electron chi connectivity index (χ2n) is 1.79. The first kappa shape index (κ1) is 14.1. The molecular weight excluding hydrogens is 254 g/mol. The molecule has 0 atom stereocenters. The second-order valence-corrected chi connectivity index (χ2v) is 1.79. The fourth-order valence-electron chi connectivity index (χ4n) is 0.542. The van der Waals surface area contributed by atoms with Gasteiger partial charge >= 0.3 is 11.9 Å². The van der Waals surface area contributed by atoms with Crippen LogP contribution in [0.2, 0.25) is 0 Å². The summed E-state index contributed by atoms with van der Waals surface area (Å²) in [5.74, 6) is -1.07. The molecule has 0 spiro atoms. The van der Waals surface area contributed by atoms with Gasteiger partial charge in [-0.05, 0) is 13.8 Å². The molecule has 0 aromatic rings. The van der Waals surface area contributed by atoms with Gasteiger partial charge in [0.15, 0.2) is 0 Å². The Labute approximate surface area is 85.3 Å². The van der Waals surface area contributed by atoms with E-state index in [-0.39, 0.29) is 40.1 Å². The number of hydrogen-bond donors (Lipinski definition) is 0. The number of hydrogen-bond acceptors (Lipinski definition) is 4. The van der Waals surface area contributed by atoms with Crippen LogP contribution in [0.3, 0.4) is 0 Å². The van der Waals surface area contributed by atoms with Crippen molar-refractivity contribution in [3.05, 3.63) is 0 Å². The van der Waals surface area contributed by atoms with Gasteiger partial charge in [0.05, 0.1) is 13.2 Å². The molecule has 12 heavy (non-hydrogen) atoms. The molecule has 0 fully saturated rings. The summed E-state index contributed by atoms with van der Waals surface area (Å²) < 4.78 is 9.04. The van der Waals surface area contributed by atoms with Crippen molar-refractivity contribution in [1.82, 2.24) is 0 Å². The summed E-state index contributed by atoms with van der Waals surface area (Å²) >= 11 is 0. The fraction of sp³-hybridized carbons (Fsp3) is 0.714. The van der Waals surface area contributed by atoms with E-state index in [1.807, 2.05) is 0 Å².